The lowest BCUT2D eigenvalue weighted by Gasteiger charge is -2.25. The first-order valence-electron chi connectivity index (χ1n) is 6.30. The average Bonchev–Trinajstić information content (AvgIpc) is 2.84. The molecule has 0 spiro atoms. The second kappa shape index (κ2) is 6.50. The van der Waals surface area contributed by atoms with Gasteiger partial charge in [0, 0.05) is 0 Å². The van der Waals surface area contributed by atoms with E-state index in [9.17, 15) is 9.50 Å². The zero-order valence-electron chi connectivity index (χ0n) is 10.6. The summed E-state index contributed by atoms with van der Waals surface area (Å²) < 4.78 is 13.4. The second-order valence-corrected chi connectivity index (χ2v) is 5.01. The highest BCUT2D eigenvalue weighted by Gasteiger charge is 2.29. The van der Waals surface area contributed by atoms with Gasteiger partial charge in [0.1, 0.15) is 5.82 Å². The van der Waals surface area contributed by atoms with E-state index in [4.69, 9.17) is 5.73 Å². The van der Waals surface area contributed by atoms with Gasteiger partial charge >= 0.3 is 0 Å². The highest BCUT2D eigenvalue weighted by Crippen LogP contribution is 2.33. The number of hydrogen-bond acceptors (Lipinski definition) is 2. The molecule has 0 aromatic heterocycles. The number of aliphatic hydroxyl groups excluding tert-OH is 1. The molecular weight excluding hydrogens is 253 g/mol. The highest BCUT2D eigenvalue weighted by atomic mass is 35.5. The minimum atomic E-state index is -0.557. The molecule has 1 aromatic rings. The average molecular weight is 274 g/mol. The van der Waals surface area contributed by atoms with E-state index in [0.29, 0.717) is 5.56 Å². The van der Waals surface area contributed by atoms with Crippen LogP contribution in [0.2, 0.25) is 0 Å². The molecule has 1 fully saturated rings. The molecule has 1 saturated carbocycles. The third-order valence-corrected chi connectivity index (χ3v) is 3.92. The summed E-state index contributed by atoms with van der Waals surface area (Å²) in [6.45, 7) is 1.71. The van der Waals surface area contributed by atoms with Gasteiger partial charge < -0.3 is 10.8 Å². The second-order valence-electron chi connectivity index (χ2n) is 5.01. The van der Waals surface area contributed by atoms with Gasteiger partial charge in [-0.15, -0.1) is 12.4 Å². The normalized spacial score (nSPS) is 19.3. The molecule has 1 aliphatic carbocycles. The van der Waals surface area contributed by atoms with Crippen LogP contribution >= 0.6 is 12.4 Å². The van der Waals surface area contributed by atoms with E-state index in [0.717, 1.165) is 31.2 Å². The van der Waals surface area contributed by atoms with Gasteiger partial charge in [-0.05, 0) is 42.9 Å². The lowest BCUT2D eigenvalue weighted by Crippen LogP contribution is -2.32. The molecule has 2 rings (SSSR count). The van der Waals surface area contributed by atoms with Crippen molar-refractivity contribution in [2.45, 2.75) is 44.8 Å². The molecule has 0 bridgehead atoms. The van der Waals surface area contributed by atoms with Crippen molar-refractivity contribution >= 4 is 12.4 Å². The van der Waals surface area contributed by atoms with Crippen LogP contribution in [0.1, 0.15) is 42.9 Å². The van der Waals surface area contributed by atoms with E-state index in [2.05, 4.69) is 0 Å². The summed E-state index contributed by atoms with van der Waals surface area (Å²) in [6.07, 6.45) is 3.83. The minimum absolute atomic E-state index is 0. The van der Waals surface area contributed by atoms with Gasteiger partial charge in [-0.25, -0.2) is 4.39 Å². The Kier molecular flexibility index (Phi) is 5.57. The van der Waals surface area contributed by atoms with Crippen LogP contribution in [0.3, 0.4) is 0 Å². The van der Waals surface area contributed by atoms with Crippen molar-refractivity contribution in [2.75, 3.05) is 0 Å². The maximum Gasteiger partial charge on any atom is 0.126 e. The van der Waals surface area contributed by atoms with Crippen LogP contribution in [0.15, 0.2) is 18.2 Å². The van der Waals surface area contributed by atoms with E-state index < -0.39 is 12.1 Å². The first kappa shape index (κ1) is 15.4. The number of aliphatic hydroxyl groups is 1. The van der Waals surface area contributed by atoms with Crippen LogP contribution in [0.4, 0.5) is 4.39 Å². The Morgan fingerprint density at radius 3 is 2.56 bits per heavy atom. The summed E-state index contributed by atoms with van der Waals surface area (Å²) in [5.41, 5.74) is 7.35. The minimum Gasteiger partial charge on any atom is -0.391 e. The van der Waals surface area contributed by atoms with Gasteiger partial charge in [-0.3, -0.25) is 0 Å². The summed E-state index contributed by atoms with van der Waals surface area (Å²) in [6, 6.07) is 4.40. The van der Waals surface area contributed by atoms with Crippen molar-refractivity contribution in [2.24, 2.45) is 11.7 Å². The predicted octanol–water partition coefficient (Wildman–Crippen LogP) is 3.11. The van der Waals surface area contributed by atoms with Gasteiger partial charge in [-0.2, -0.15) is 0 Å². The fourth-order valence-corrected chi connectivity index (χ4v) is 2.76. The SMILES string of the molecule is Cc1c(F)cccc1[C@@H](N)[C@@H](O)C1CCCC1.Cl. The van der Waals surface area contributed by atoms with Crippen molar-refractivity contribution in [1.82, 2.24) is 0 Å². The Labute approximate surface area is 114 Å². The number of halogens is 2. The molecule has 2 nitrogen and oxygen atoms in total. The zero-order valence-corrected chi connectivity index (χ0v) is 11.4. The summed E-state index contributed by atoms with van der Waals surface area (Å²) in [5.74, 6) is 0.0178. The van der Waals surface area contributed by atoms with Crippen molar-refractivity contribution in [3.8, 4) is 0 Å². The molecule has 3 N–H and O–H groups in total. The van der Waals surface area contributed by atoms with Crippen LogP contribution < -0.4 is 5.73 Å². The molecule has 0 heterocycles. The van der Waals surface area contributed by atoms with Crippen LogP contribution in [0.5, 0.6) is 0 Å². The smallest absolute Gasteiger partial charge is 0.126 e. The standard InChI is InChI=1S/C14H20FNO.ClH/c1-9-11(7-4-8-12(9)15)13(16)14(17)10-5-2-3-6-10;/h4,7-8,10,13-14,17H,2-3,5-6,16H2,1H3;1H/t13-,14+;/m1./s1. The lowest BCUT2D eigenvalue weighted by atomic mass is 9.89. The highest BCUT2D eigenvalue weighted by molar-refractivity contribution is 5.85. The number of benzene rings is 1. The van der Waals surface area contributed by atoms with Gasteiger partial charge in [0.05, 0.1) is 12.1 Å². The topological polar surface area (TPSA) is 46.2 Å². The van der Waals surface area contributed by atoms with E-state index in [1.54, 1.807) is 19.1 Å². The Morgan fingerprint density at radius 1 is 1.33 bits per heavy atom. The van der Waals surface area contributed by atoms with Crippen molar-refractivity contribution in [3.05, 3.63) is 35.1 Å². The Morgan fingerprint density at radius 2 is 1.94 bits per heavy atom. The molecule has 2 atom stereocenters. The maximum absolute atomic E-state index is 13.4. The Bertz CT molecular complexity index is 393. The fourth-order valence-electron chi connectivity index (χ4n) is 2.76. The number of nitrogens with two attached hydrogens (primary N) is 1. The molecule has 1 aromatic carbocycles. The first-order valence-corrected chi connectivity index (χ1v) is 6.30. The van der Waals surface area contributed by atoms with Crippen LogP contribution in [-0.4, -0.2) is 11.2 Å². The molecule has 18 heavy (non-hydrogen) atoms. The molecule has 0 amide bonds. The summed E-state index contributed by atoms with van der Waals surface area (Å²) in [5, 5.41) is 10.2. The molecule has 1 aliphatic rings. The molecule has 0 unspecified atom stereocenters. The maximum atomic E-state index is 13.4. The van der Waals surface area contributed by atoms with Gasteiger partial charge in [-0.1, -0.05) is 25.0 Å². The van der Waals surface area contributed by atoms with E-state index in [-0.39, 0.29) is 24.1 Å². The van der Waals surface area contributed by atoms with Crippen LogP contribution in [0.25, 0.3) is 0 Å². The monoisotopic (exact) mass is 273 g/mol. The molecule has 0 saturated heterocycles. The zero-order chi connectivity index (χ0) is 12.4. The molecular formula is C14H21ClFNO. The van der Waals surface area contributed by atoms with Crippen molar-refractivity contribution in [1.29, 1.82) is 0 Å². The summed E-state index contributed by atoms with van der Waals surface area (Å²) in [4.78, 5) is 0. The predicted molar refractivity (Wildman–Crippen MR) is 73.3 cm³/mol. The van der Waals surface area contributed by atoms with Gasteiger partial charge in [0.25, 0.3) is 0 Å². The van der Waals surface area contributed by atoms with Crippen molar-refractivity contribution < 1.29 is 9.50 Å². The largest absolute Gasteiger partial charge is 0.391 e. The Hall–Kier alpha value is -0.640. The Balaban J connectivity index is 0.00000162. The van der Waals surface area contributed by atoms with Crippen LogP contribution in [-0.2, 0) is 0 Å². The third kappa shape index (κ3) is 3.02. The quantitative estimate of drug-likeness (QED) is 0.889. The van der Waals surface area contributed by atoms with E-state index >= 15 is 0 Å². The van der Waals surface area contributed by atoms with Crippen LogP contribution in [0, 0.1) is 18.7 Å². The fraction of sp³-hybridized carbons (Fsp3) is 0.571. The summed E-state index contributed by atoms with van der Waals surface area (Å²) >= 11 is 0. The lowest BCUT2D eigenvalue weighted by molar-refractivity contribution is 0.0842. The molecule has 4 heteroatoms. The number of rotatable bonds is 3. The molecule has 0 aliphatic heterocycles. The third-order valence-electron chi connectivity index (χ3n) is 3.92. The van der Waals surface area contributed by atoms with Crippen molar-refractivity contribution in [3.63, 3.8) is 0 Å². The number of hydrogen-bond donors (Lipinski definition) is 2. The first-order chi connectivity index (χ1) is 8.11. The molecule has 0 radical (unpaired) electrons. The van der Waals surface area contributed by atoms with E-state index in [1.165, 1.54) is 6.07 Å². The summed E-state index contributed by atoms with van der Waals surface area (Å²) in [7, 11) is 0. The van der Waals surface area contributed by atoms with E-state index in [1.807, 2.05) is 0 Å². The molecule has 102 valence electrons. The van der Waals surface area contributed by atoms with Gasteiger partial charge in [0.2, 0.25) is 0 Å². The van der Waals surface area contributed by atoms with Gasteiger partial charge in [0.15, 0.2) is 0 Å².